The van der Waals surface area contributed by atoms with E-state index in [4.69, 9.17) is 9.84 Å². The second-order valence-corrected chi connectivity index (χ2v) is 5.23. The van der Waals surface area contributed by atoms with Crippen molar-refractivity contribution in [2.75, 3.05) is 13.2 Å². The fraction of sp³-hybridized carbons (Fsp3) is 0.467. The summed E-state index contributed by atoms with van der Waals surface area (Å²) >= 11 is 0. The molecule has 20 heavy (non-hydrogen) atoms. The maximum absolute atomic E-state index is 11.0. The van der Waals surface area contributed by atoms with E-state index >= 15 is 0 Å². The maximum atomic E-state index is 11.0. The van der Waals surface area contributed by atoms with Crippen molar-refractivity contribution in [3.05, 3.63) is 29.6 Å². The van der Waals surface area contributed by atoms with E-state index < -0.39 is 5.97 Å². The average molecular weight is 274 g/mol. The molecular weight excluding hydrogens is 256 g/mol. The summed E-state index contributed by atoms with van der Waals surface area (Å²) in [5.74, 6) is 0.620. The molecule has 0 aliphatic carbocycles. The zero-order valence-corrected chi connectivity index (χ0v) is 11.5. The largest absolute Gasteiger partial charge is 0.478 e. The number of aromatic nitrogens is 2. The van der Waals surface area contributed by atoms with Gasteiger partial charge in [0.15, 0.2) is 0 Å². The lowest BCUT2D eigenvalue weighted by Gasteiger charge is -2.12. The van der Waals surface area contributed by atoms with E-state index in [0.29, 0.717) is 5.92 Å². The number of nitrogens with zero attached hydrogens (tertiary/aromatic N) is 2. The van der Waals surface area contributed by atoms with Gasteiger partial charge in [0.25, 0.3) is 0 Å². The lowest BCUT2D eigenvalue weighted by molar-refractivity contribution is 0.0697. The van der Waals surface area contributed by atoms with Gasteiger partial charge in [0.1, 0.15) is 5.82 Å². The van der Waals surface area contributed by atoms with Gasteiger partial charge in [-0.25, -0.2) is 9.78 Å². The molecule has 1 aromatic carbocycles. The third kappa shape index (κ3) is 2.29. The molecule has 2 heterocycles. The van der Waals surface area contributed by atoms with E-state index in [-0.39, 0.29) is 5.56 Å². The van der Waals surface area contributed by atoms with Crippen molar-refractivity contribution in [2.24, 2.45) is 5.92 Å². The molecule has 1 aromatic heterocycles. The predicted octanol–water partition coefficient (Wildman–Crippen LogP) is 2.33. The lowest BCUT2D eigenvalue weighted by Crippen LogP contribution is -2.13. The second kappa shape index (κ2) is 5.25. The minimum atomic E-state index is -0.913. The van der Waals surface area contributed by atoms with Crippen LogP contribution < -0.4 is 0 Å². The molecule has 5 heteroatoms. The van der Waals surface area contributed by atoms with Gasteiger partial charge >= 0.3 is 5.97 Å². The van der Waals surface area contributed by atoms with Crippen LogP contribution in [0.5, 0.6) is 0 Å². The Hall–Kier alpha value is -1.88. The van der Waals surface area contributed by atoms with E-state index in [2.05, 4.69) is 16.5 Å². The van der Waals surface area contributed by atoms with E-state index in [1.54, 1.807) is 12.1 Å². The molecule has 5 nitrogen and oxygen atoms in total. The van der Waals surface area contributed by atoms with Gasteiger partial charge in [-0.15, -0.1) is 0 Å². The zero-order valence-electron chi connectivity index (χ0n) is 11.5. The number of carboxylic acid groups (broad SMARTS) is 1. The van der Waals surface area contributed by atoms with Gasteiger partial charge in [-0.3, -0.25) is 0 Å². The fourth-order valence-corrected chi connectivity index (χ4v) is 2.77. The van der Waals surface area contributed by atoms with Gasteiger partial charge in [0.2, 0.25) is 0 Å². The number of aryl methyl sites for hydroxylation is 1. The van der Waals surface area contributed by atoms with Crippen LogP contribution in [0.1, 0.15) is 29.5 Å². The number of ether oxygens (including phenoxy) is 1. The number of imidazole rings is 1. The van der Waals surface area contributed by atoms with E-state index in [1.165, 1.54) is 0 Å². The topological polar surface area (TPSA) is 64.3 Å². The summed E-state index contributed by atoms with van der Waals surface area (Å²) in [4.78, 5) is 15.6. The van der Waals surface area contributed by atoms with Crippen LogP contribution in [0, 0.1) is 5.92 Å². The highest BCUT2D eigenvalue weighted by atomic mass is 16.5. The van der Waals surface area contributed by atoms with Crippen LogP contribution in [0.4, 0.5) is 0 Å². The molecule has 2 aromatic rings. The van der Waals surface area contributed by atoms with Crippen molar-refractivity contribution in [3.8, 4) is 0 Å². The van der Waals surface area contributed by atoms with Gasteiger partial charge < -0.3 is 14.4 Å². The second-order valence-electron chi connectivity index (χ2n) is 5.23. The van der Waals surface area contributed by atoms with Crippen molar-refractivity contribution in [1.82, 2.24) is 9.55 Å². The molecule has 1 atom stereocenters. The molecule has 1 N–H and O–H groups in total. The Morgan fingerprint density at radius 1 is 1.55 bits per heavy atom. The number of hydrogen-bond acceptors (Lipinski definition) is 3. The smallest absolute Gasteiger partial charge is 0.335 e. The Morgan fingerprint density at radius 3 is 3.05 bits per heavy atom. The summed E-state index contributed by atoms with van der Waals surface area (Å²) in [5.41, 5.74) is 2.06. The lowest BCUT2D eigenvalue weighted by atomic mass is 10.1. The normalized spacial score (nSPS) is 18.8. The molecule has 1 unspecified atom stereocenters. The fourth-order valence-electron chi connectivity index (χ4n) is 2.77. The first-order chi connectivity index (χ1) is 9.69. The highest BCUT2D eigenvalue weighted by molar-refractivity contribution is 5.92. The number of rotatable bonds is 4. The molecule has 3 rings (SSSR count). The molecule has 106 valence electrons. The maximum Gasteiger partial charge on any atom is 0.335 e. The number of fused-ring (bicyclic) bond motifs is 1. The summed E-state index contributed by atoms with van der Waals surface area (Å²) in [5, 5.41) is 9.06. The van der Waals surface area contributed by atoms with Crippen LogP contribution in [0.2, 0.25) is 0 Å². The number of hydrogen-bond donors (Lipinski definition) is 1. The molecule has 1 aliphatic heterocycles. The molecule has 1 saturated heterocycles. The van der Waals surface area contributed by atoms with Crippen molar-refractivity contribution in [2.45, 2.75) is 26.3 Å². The minimum Gasteiger partial charge on any atom is -0.478 e. The van der Waals surface area contributed by atoms with Crippen molar-refractivity contribution < 1.29 is 14.6 Å². The Balaban J connectivity index is 2.02. The summed E-state index contributed by atoms with van der Waals surface area (Å²) in [7, 11) is 0. The number of carboxylic acids is 1. The van der Waals surface area contributed by atoms with E-state index in [1.807, 2.05) is 6.07 Å². The number of aromatic carboxylic acids is 1. The zero-order chi connectivity index (χ0) is 14.1. The standard InChI is InChI=1S/C15H18N2O3/c1-2-14-16-12-7-11(15(18)19)3-4-13(12)17(14)8-10-5-6-20-9-10/h3-4,7,10H,2,5-6,8-9H2,1H3,(H,18,19). The molecule has 0 spiro atoms. The molecule has 1 aliphatic rings. The van der Waals surface area contributed by atoms with Gasteiger partial charge in [-0.1, -0.05) is 6.92 Å². The summed E-state index contributed by atoms with van der Waals surface area (Å²) in [6.45, 7) is 4.60. The van der Waals surface area contributed by atoms with Crippen LogP contribution >= 0.6 is 0 Å². The van der Waals surface area contributed by atoms with Gasteiger partial charge in [-0.2, -0.15) is 0 Å². The summed E-state index contributed by atoms with van der Waals surface area (Å²) in [6, 6.07) is 5.16. The first kappa shape index (κ1) is 13.1. The first-order valence-corrected chi connectivity index (χ1v) is 6.99. The average Bonchev–Trinajstić information content (AvgIpc) is 3.06. The number of benzene rings is 1. The van der Waals surface area contributed by atoms with Crippen LogP contribution in [0.3, 0.4) is 0 Å². The predicted molar refractivity (Wildman–Crippen MR) is 75.0 cm³/mol. The quantitative estimate of drug-likeness (QED) is 0.929. The van der Waals surface area contributed by atoms with E-state index in [0.717, 1.165) is 49.5 Å². The van der Waals surface area contributed by atoms with Gasteiger partial charge in [0, 0.05) is 25.5 Å². The van der Waals surface area contributed by atoms with Gasteiger partial charge in [-0.05, 0) is 24.6 Å². The molecule has 0 amide bonds. The van der Waals surface area contributed by atoms with Crippen LogP contribution in [-0.4, -0.2) is 33.8 Å². The van der Waals surface area contributed by atoms with Crippen molar-refractivity contribution in [1.29, 1.82) is 0 Å². The Kier molecular flexibility index (Phi) is 3.44. The Morgan fingerprint density at radius 2 is 2.40 bits per heavy atom. The highest BCUT2D eigenvalue weighted by Gasteiger charge is 2.19. The third-order valence-corrected chi connectivity index (χ3v) is 3.86. The van der Waals surface area contributed by atoms with Gasteiger partial charge in [0.05, 0.1) is 23.2 Å². The molecule has 0 radical (unpaired) electrons. The highest BCUT2D eigenvalue weighted by Crippen LogP contribution is 2.23. The summed E-state index contributed by atoms with van der Waals surface area (Å²) in [6.07, 6.45) is 1.92. The molecule has 0 saturated carbocycles. The van der Waals surface area contributed by atoms with E-state index in [9.17, 15) is 4.79 Å². The van der Waals surface area contributed by atoms with Crippen molar-refractivity contribution >= 4 is 17.0 Å². The molecular formula is C15H18N2O3. The Labute approximate surface area is 117 Å². The first-order valence-electron chi connectivity index (χ1n) is 6.99. The summed E-state index contributed by atoms with van der Waals surface area (Å²) < 4.78 is 7.64. The van der Waals surface area contributed by atoms with Crippen LogP contribution in [0.25, 0.3) is 11.0 Å². The number of carbonyl (C=O) groups is 1. The molecule has 1 fully saturated rings. The van der Waals surface area contributed by atoms with Crippen LogP contribution in [-0.2, 0) is 17.7 Å². The SMILES string of the molecule is CCc1nc2cc(C(=O)O)ccc2n1CC1CCOC1. The van der Waals surface area contributed by atoms with Crippen molar-refractivity contribution in [3.63, 3.8) is 0 Å². The minimum absolute atomic E-state index is 0.286. The molecule has 0 bridgehead atoms. The monoisotopic (exact) mass is 274 g/mol. The Bertz CT molecular complexity index is 642. The third-order valence-electron chi connectivity index (χ3n) is 3.86. The van der Waals surface area contributed by atoms with Crippen LogP contribution in [0.15, 0.2) is 18.2 Å².